The number of hydrogen-bond donors (Lipinski definition) is 1. The number of unbranched alkanes of at least 4 members (excludes halogenated alkanes) is 2. The molecule has 0 fully saturated rings. The Labute approximate surface area is 81.9 Å². The van der Waals surface area contributed by atoms with Gasteiger partial charge >= 0.3 is 0 Å². The van der Waals surface area contributed by atoms with E-state index in [4.69, 9.17) is 5.73 Å². The average molecular weight is 185 g/mol. The van der Waals surface area contributed by atoms with Crippen molar-refractivity contribution in [1.29, 1.82) is 0 Å². The van der Waals surface area contributed by atoms with E-state index in [0.29, 0.717) is 12.3 Å². The van der Waals surface area contributed by atoms with Crippen LogP contribution in [0.2, 0.25) is 0 Å². The van der Waals surface area contributed by atoms with Gasteiger partial charge in [-0.25, -0.2) is 0 Å². The summed E-state index contributed by atoms with van der Waals surface area (Å²) < 4.78 is 0. The van der Waals surface area contributed by atoms with Crippen molar-refractivity contribution in [2.24, 2.45) is 11.7 Å². The van der Waals surface area contributed by atoms with Crippen LogP contribution < -0.4 is 5.73 Å². The van der Waals surface area contributed by atoms with E-state index in [-0.39, 0.29) is 11.8 Å². The first-order chi connectivity index (χ1) is 6.13. The average Bonchev–Trinajstić information content (AvgIpc) is 2.15. The van der Waals surface area contributed by atoms with Gasteiger partial charge in [-0.2, -0.15) is 0 Å². The largest absolute Gasteiger partial charge is 0.321 e. The molecular weight excluding hydrogens is 162 g/mol. The highest BCUT2D eigenvalue weighted by molar-refractivity contribution is 5.83. The molecule has 0 aliphatic rings. The molecule has 0 aromatic rings. The Hall–Kier alpha value is -0.370. The Kier molecular flexibility index (Phi) is 6.87. The molecule has 0 aromatic heterocycles. The molecule has 2 unspecified atom stereocenters. The molecule has 0 aromatic carbocycles. The van der Waals surface area contributed by atoms with Crippen molar-refractivity contribution in [2.75, 3.05) is 0 Å². The summed E-state index contributed by atoms with van der Waals surface area (Å²) in [6, 6.07) is -0.234. The topological polar surface area (TPSA) is 43.1 Å². The molecular formula is C11H23NO. The first-order valence-corrected chi connectivity index (χ1v) is 5.41. The van der Waals surface area contributed by atoms with Gasteiger partial charge in [0.15, 0.2) is 0 Å². The van der Waals surface area contributed by atoms with E-state index in [1.165, 1.54) is 0 Å². The molecule has 0 saturated carbocycles. The summed E-state index contributed by atoms with van der Waals surface area (Å²) >= 11 is 0. The van der Waals surface area contributed by atoms with Gasteiger partial charge in [0.1, 0.15) is 5.78 Å². The van der Waals surface area contributed by atoms with E-state index >= 15 is 0 Å². The Balaban J connectivity index is 3.69. The van der Waals surface area contributed by atoms with E-state index in [0.717, 1.165) is 25.7 Å². The minimum Gasteiger partial charge on any atom is -0.321 e. The third-order valence-corrected chi connectivity index (χ3v) is 2.66. The predicted molar refractivity (Wildman–Crippen MR) is 56.6 cm³/mol. The quantitative estimate of drug-likeness (QED) is 0.619. The van der Waals surface area contributed by atoms with E-state index in [1.807, 2.05) is 6.92 Å². The Morgan fingerprint density at radius 1 is 1.31 bits per heavy atom. The third-order valence-electron chi connectivity index (χ3n) is 2.66. The minimum atomic E-state index is -0.234. The standard InChI is InChI=1S/C11H23NO/c1-4-6-7-8-10(13)11(12)9(3)5-2/h9,11H,4-8,12H2,1-3H3. The summed E-state index contributed by atoms with van der Waals surface area (Å²) in [5, 5.41) is 0. The van der Waals surface area contributed by atoms with Crippen LogP contribution in [0, 0.1) is 5.92 Å². The molecule has 0 rings (SSSR count). The van der Waals surface area contributed by atoms with Crippen molar-refractivity contribution < 1.29 is 4.79 Å². The molecule has 0 heterocycles. The van der Waals surface area contributed by atoms with Crippen LogP contribution in [0.4, 0.5) is 0 Å². The molecule has 0 aliphatic carbocycles. The molecule has 0 saturated heterocycles. The fraction of sp³-hybridized carbons (Fsp3) is 0.909. The fourth-order valence-electron chi connectivity index (χ4n) is 1.29. The van der Waals surface area contributed by atoms with Gasteiger partial charge in [0.05, 0.1) is 6.04 Å². The van der Waals surface area contributed by atoms with Crippen LogP contribution in [-0.4, -0.2) is 11.8 Å². The number of hydrogen-bond acceptors (Lipinski definition) is 2. The van der Waals surface area contributed by atoms with E-state index in [9.17, 15) is 4.79 Å². The molecule has 78 valence electrons. The summed E-state index contributed by atoms with van der Waals surface area (Å²) in [6.45, 7) is 6.26. The first kappa shape index (κ1) is 12.6. The van der Waals surface area contributed by atoms with Gasteiger partial charge in [-0.15, -0.1) is 0 Å². The molecule has 0 amide bonds. The summed E-state index contributed by atoms with van der Waals surface area (Å²) in [4.78, 5) is 11.5. The van der Waals surface area contributed by atoms with E-state index < -0.39 is 0 Å². The second kappa shape index (κ2) is 7.07. The van der Waals surface area contributed by atoms with E-state index in [1.54, 1.807) is 0 Å². The maximum absolute atomic E-state index is 11.5. The second-order valence-electron chi connectivity index (χ2n) is 3.83. The third kappa shape index (κ3) is 5.04. The molecule has 0 radical (unpaired) electrons. The van der Waals surface area contributed by atoms with Crippen molar-refractivity contribution in [3.8, 4) is 0 Å². The molecule has 0 bridgehead atoms. The highest BCUT2D eigenvalue weighted by Crippen LogP contribution is 2.10. The van der Waals surface area contributed by atoms with Crippen molar-refractivity contribution in [1.82, 2.24) is 0 Å². The Morgan fingerprint density at radius 3 is 2.38 bits per heavy atom. The summed E-state index contributed by atoms with van der Waals surface area (Å²) in [5.41, 5.74) is 5.80. The van der Waals surface area contributed by atoms with Gasteiger partial charge in [-0.3, -0.25) is 4.79 Å². The van der Waals surface area contributed by atoms with Gasteiger partial charge < -0.3 is 5.73 Å². The molecule has 2 atom stereocenters. The van der Waals surface area contributed by atoms with Crippen LogP contribution in [0.25, 0.3) is 0 Å². The van der Waals surface area contributed by atoms with Gasteiger partial charge in [-0.1, -0.05) is 40.0 Å². The number of ketones is 1. The van der Waals surface area contributed by atoms with Crippen LogP contribution in [0.5, 0.6) is 0 Å². The normalized spacial score (nSPS) is 15.4. The van der Waals surface area contributed by atoms with Crippen LogP contribution in [0.1, 0.15) is 52.9 Å². The first-order valence-electron chi connectivity index (χ1n) is 5.41. The van der Waals surface area contributed by atoms with Gasteiger partial charge in [0, 0.05) is 6.42 Å². The van der Waals surface area contributed by atoms with Crippen molar-refractivity contribution in [3.63, 3.8) is 0 Å². The summed E-state index contributed by atoms with van der Waals surface area (Å²) in [7, 11) is 0. The number of rotatable bonds is 7. The van der Waals surface area contributed by atoms with Gasteiger partial charge in [-0.05, 0) is 12.3 Å². The Morgan fingerprint density at radius 2 is 1.92 bits per heavy atom. The molecule has 0 spiro atoms. The lowest BCUT2D eigenvalue weighted by Crippen LogP contribution is -2.36. The SMILES string of the molecule is CCCCCC(=O)C(N)C(C)CC. The maximum Gasteiger partial charge on any atom is 0.149 e. The molecule has 0 aliphatic heterocycles. The maximum atomic E-state index is 11.5. The number of carbonyl (C=O) groups is 1. The van der Waals surface area contributed by atoms with Crippen LogP contribution in [-0.2, 0) is 4.79 Å². The molecule has 2 nitrogen and oxygen atoms in total. The van der Waals surface area contributed by atoms with Crippen LogP contribution in [0.3, 0.4) is 0 Å². The van der Waals surface area contributed by atoms with E-state index in [2.05, 4.69) is 13.8 Å². The highest BCUT2D eigenvalue weighted by Gasteiger charge is 2.18. The molecule has 2 N–H and O–H groups in total. The lowest BCUT2D eigenvalue weighted by atomic mass is 9.94. The lowest BCUT2D eigenvalue weighted by molar-refractivity contribution is -0.121. The Bertz CT molecular complexity index is 145. The van der Waals surface area contributed by atoms with Gasteiger partial charge in [0.25, 0.3) is 0 Å². The lowest BCUT2D eigenvalue weighted by Gasteiger charge is -2.16. The zero-order valence-electron chi connectivity index (χ0n) is 9.18. The van der Waals surface area contributed by atoms with Crippen molar-refractivity contribution in [2.45, 2.75) is 58.9 Å². The molecule has 2 heteroatoms. The minimum absolute atomic E-state index is 0.234. The number of Topliss-reactive ketones (excluding diaryl/α,β-unsaturated/α-hetero) is 1. The smallest absolute Gasteiger partial charge is 0.149 e. The highest BCUT2D eigenvalue weighted by atomic mass is 16.1. The molecule has 13 heavy (non-hydrogen) atoms. The number of carbonyl (C=O) groups excluding carboxylic acids is 1. The summed E-state index contributed by atoms with van der Waals surface area (Å²) in [5.74, 6) is 0.567. The fourth-order valence-corrected chi connectivity index (χ4v) is 1.29. The summed E-state index contributed by atoms with van der Waals surface area (Å²) in [6.07, 6.45) is 4.95. The van der Waals surface area contributed by atoms with Gasteiger partial charge in [0.2, 0.25) is 0 Å². The number of nitrogens with two attached hydrogens (primary N) is 1. The second-order valence-corrected chi connectivity index (χ2v) is 3.83. The zero-order valence-corrected chi connectivity index (χ0v) is 9.18. The van der Waals surface area contributed by atoms with Crippen molar-refractivity contribution >= 4 is 5.78 Å². The van der Waals surface area contributed by atoms with Crippen LogP contribution >= 0.6 is 0 Å². The predicted octanol–water partition coefficient (Wildman–Crippen LogP) is 2.51. The van der Waals surface area contributed by atoms with Crippen molar-refractivity contribution in [3.05, 3.63) is 0 Å². The monoisotopic (exact) mass is 185 g/mol. The zero-order chi connectivity index (χ0) is 10.3. The van der Waals surface area contributed by atoms with Crippen LogP contribution in [0.15, 0.2) is 0 Å².